The van der Waals surface area contributed by atoms with E-state index in [9.17, 15) is 14.4 Å². The molecule has 0 saturated heterocycles. The summed E-state index contributed by atoms with van der Waals surface area (Å²) in [5.74, 6) is -2.20. The third-order valence-corrected chi connectivity index (χ3v) is 8.94. The van der Waals surface area contributed by atoms with Gasteiger partial charge in [0, 0.05) is 13.3 Å². The molecule has 0 aromatic carbocycles. The highest BCUT2D eigenvalue weighted by molar-refractivity contribution is 6.74. The van der Waals surface area contributed by atoms with Crippen LogP contribution in [0.25, 0.3) is 0 Å². The molecule has 0 spiro atoms. The quantitative estimate of drug-likeness (QED) is 0.443. The second kappa shape index (κ2) is 6.57. The van der Waals surface area contributed by atoms with E-state index in [0.717, 1.165) is 14.0 Å². The summed E-state index contributed by atoms with van der Waals surface area (Å²) in [4.78, 5) is 35.8. The molecule has 0 radical (unpaired) electrons. The maximum Gasteiger partial charge on any atom is 0.358 e. The molecule has 0 bridgehead atoms. The molecule has 0 N–H and O–H groups in total. The fourth-order valence-electron chi connectivity index (χ4n) is 2.15. The van der Waals surface area contributed by atoms with Crippen molar-refractivity contribution in [3.8, 4) is 0 Å². The van der Waals surface area contributed by atoms with Crippen LogP contribution in [0, 0.1) is 0 Å². The predicted octanol–water partition coefficient (Wildman–Crippen LogP) is 2.38. The summed E-state index contributed by atoms with van der Waals surface area (Å²) in [7, 11) is -0.961. The van der Waals surface area contributed by atoms with Crippen LogP contribution in [-0.4, -0.2) is 44.9 Å². The molecule has 7 heteroatoms. The lowest BCUT2D eigenvalue weighted by Crippen LogP contribution is -2.56. The number of ether oxygens (including phenoxy) is 2. The Labute approximate surface area is 138 Å². The topological polar surface area (TPSA) is 78.9 Å². The van der Waals surface area contributed by atoms with Gasteiger partial charge in [-0.05, 0) is 24.2 Å². The molecular formula is C16H26O6Si. The second-order valence-electron chi connectivity index (χ2n) is 7.26. The molecule has 2 atom stereocenters. The normalized spacial score (nSPS) is 25.2. The summed E-state index contributed by atoms with van der Waals surface area (Å²) in [5.41, 5.74) is -1.96. The molecule has 0 amide bonds. The Bertz CT molecular complexity index is 531. The second-order valence-corrected chi connectivity index (χ2v) is 12.0. The molecule has 0 aliphatic heterocycles. The van der Waals surface area contributed by atoms with Crippen molar-refractivity contribution >= 4 is 26.0 Å². The Hall–Kier alpha value is -1.47. The molecule has 0 heterocycles. The van der Waals surface area contributed by atoms with E-state index in [1.54, 1.807) is 6.08 Å². The van der Waals surface area contributed by atoms with Crippen molar-refractivity contribution in [2.45, 2.75) is 64.0 Å². The first-order valence-corrected chi connectivity index (χ1v) is 10.4. The average molecular weight is 342 g/mol. The Kier molecular flexibility index (Phi) is 5.59. The smallest absolute Gasteiger partial charge is 0.358 e. The van der Waals surface area contributed by atoms with E-state index in [4.69, 9.17) is 13.9 Å². The maximum absolute atomic E-state index is 12.3. The van der Waals surface area contributed by atoms with E-state index in [1.807, 2.05) is 0 Å². The lowest BCUT2D eigenvalue weighted by molar-refractivity contribution is -0.185. The van der Waals surface area contributed by atoms with Crippen LogP contribution in [0.15, 0.2) is 12.2 Å². The van der Waals surface area contributed by atoms with Crippen molar-refractivity contribution in [3.63, 3.8) is 0 Å². The molecule has 1 rings (SSSR count). The molecule has 130 valence electrons. The molecule has 1 aliphatic carbocycles. The number of hydrogen-bond acceptors (Lipinski definition) is 6. The van der Waals surface area contributed by atoms with Gasteiger partial charge in [0.15, 0.2) is 8.32 Å². The summed E-state index contributed by atoms with van der Waals surface area (Å²) in [6, 6.07) is 0. The van der Waals surface area contributed by atoms with Crippen LogP contribution >= 0.6 is 0 Å². The van der Waals surface area contributed by atoms with Crippen molar-refractivity contribution in [3.05, 3.63) is 12.2 Å². The van der Waals surface area contributed by atoms with Gasteiger partial charge in [0.2, 0.25) is 5.78 Å². The minimum Gasteiger partial charge on any atom is -0.466 e. The first-order valence-electron chi connectivity index (χ1n) is 7.54. The van der Waals surface area contributed by atoms with Gasteiger partial charge in [-0.15, -0.1) is 0 Å². The Morgan fingerprint density at radius 2 is 1.87 bits per heavy atom. The van der Waals surface area contributed by atoms with E-state index in [2.05, 4.69) is 33.9 Å². The third-order valence-electron chi connectivity index (χ3n) is 4.43. The van der Waals surface area contributed by atoms with Gasteiger partial charge in [0.25, 0.3) is 5.60 Å². The van der Waals surface area contributed by atoms with Crippen molar-refractivity contribution in [1.29, 1.82) is 0 Å². The van der Waals surface area contributed by atoms with Gasteiger partial charge < -0.3 is 13.9 Å². The first-order chi connectivity index (χ1) is 10.4. The van der Waals surface area contributed by atoms with Crippen molar-refractivity contribution in [2.24, 2.45) is 0 Å². The van der Waals surface area contributed by atoms with Gasteiger partial charge in [-0.2, -0.15) is 0 Å². The zero-order chi connectivity index (χ0) is 18.1. The van der Waals surface area contributed by atoms with Crippen LogP contribution in [0.4, 0.5) is 0 Å². The molecule has 0 saturated carbocycles. The number of esters is 2. The van der Waals surface area contributed by atoms with Crippen LogP contribution in [0.1, 0.15) is 34.1 Å². The van der Waals surface area contributed by atoms with Gasteiger partial charge in [-0.1, -0.05) is 26.8 Å². The highest BCUT2D eigenvalue weighted by Crippen LogP contribution is 2.39. The van der Waals surface area contributed by atoms with Crippen molar-refractivity contribution in [1.82, 2.24) is 0 Å². The molecule has 0 fully saturated rings. The Balaban J connectivity index is 3.14. The first kappa shape index (κ1) is 19.6. The van der Waals surface area contributed by atoms with Gasteiger partial charge in [-0.25, -0.2) is 4.79 Å². The molecule has 0 aromatic heterocycles. The minimum atomic E-state index is -2.12. The monoisotopic (exact) mass is 342 g/mol. The van der Waals surface area contributed by atoms with Crippen LogP contribution in [0.2, 0.25) is 18.1 Å². The number of rotatable bonds is 4. The van der Waals surface area contributed by atoms with E-state index in [1.165, 1.54) is 6.08 Å². The molecule has 23 heavy (non-hydrogen) atoms. The summed E-state index contributed by atoms with van der Waals surface area (Å²) in [6.07, 6.45) is 2.29. The fourth-order valence-corrected chi connectivity index (χ4v) is 3.42. The largest absolute Gasteiger partial charge is 0.466 e. The SMILES string of the molecule is COC(=O)[C@@]1(OC(C)=O)C[C@@H](O[Si](C)(C)C(C)(C)C)C=CC1=O. The zero-order valence-electron chi connectivity index (χ0n) is 14.9. The summed E-state index contributed by atoms with van der Waals surface area (Å²) < 4.78 is 16.0. The third kappa shape index (κ3) is 4.09. The van der Waals surface area contributed by atoms with E-state index in [-0.39, 0.29) is 11.5 Å². The molecular weight excluding hydrogens is 316 g/mol. The Morgan fingerprint density at radius 3 is 2.30 bits per heavy atom. The van der Waals surface area contributed by atoms with E-state index in [0.29, 0.717) is 0 Å². The lowest BCUT2D eigenvalue weighted by atomic mass is 9.86. The fraction of sp³-hybridized carbons (Fsp3) is 0.688. The Morgan fingerprint density at radius 1 is 1.30 bits per heavy atom. The average Bonchev–Trinajstić information content (AvgIpc) is 2.39. The van der Waals surface area contributed by atoms with Crippen LogP contribution in [0.3, 0.4) is 0 Å². The number of hydrogen-bond donors (Lipinski definition) is 0. The summed E-state index contributed by atoms with van der Waals surface area (Å²) >= 11 is 0. The standard InChI is InChI=1S/C16H26O6Si/c1-11(17)21-16(14(19)20-5)10-12(8-9-13(16)18)22-23(6,7)15(2,3)4/h8-9,12H,10H2,1-7H3/t12-,16+/m0/s1. The molecule has 6 nitrogen and oxygen atoms in total. The van der Waals surface area contributed by atoms with E-state index < -0.39 is 37.7 Å². The number of carbonyl (C=O) groups is 3. The number of methoxy groups -OCH3 is 1. The maximum atomic E-state index is 12.3. The van der Waals surface area contributed by atoms with Gasteiger partial charge in [0.05, 0.1) is 13.2 Å². The molecule has 0 unspecified atom stereocenters. The predicted molar refractivity (Wildman–Crippen MR) is 87.3 cm³/mol. The van der Waals surface area contributed by atoms with Gasteiger partial charge in [0.1, 0.15) is 0 Å². The van der Waals surface area contributed by atoms with Gasteiger partial charge >= 0.3 is 11.9 Å². The van der Waals surface area contributed by atoms with Gasteiger partial charge in [-0.3, -0.25) is 9.59 Å². The molecule has 1 aliphatic rings. The highest BCUT2D eigenvalue weighted by atomic mass is 28.4. The summed E-state index contributed by atoms with van der Waals surface area (Å²) in [6.45, 7) is 11.6. The van der Waals surface area contributed by atoms with Crippen LogP contribution in [-0.2, 0) is 28.3 Å². The van der Waals surface area contributed by atoms with E-state index >= 15 is 0 Å². The van der Waals surface area contributed by atoms with Crippen LogP contribution in [0.5, 0.6) is 0 Å². The minimum absolute atomic E-state index is 0.0301. The summed E-state index contributed by atoms with van der Waals surface area (Å²) in [5, 5.41) is -0.0301. The van der Waals surface area contributed by atoms with Crippen molar-refractivity contribution in [2.75, 3.05) is 7.11 Å². The van der Waals surface area contributed by atoms with Crippen molar-refractivity contribution < 1.29 is 28.3 Å². The number of carbonyl (C=O) groups excluding carboxylic acids is 3. The highest BCUT2D eigenvalue weighted by Gasteiger charge is 2.53. The zero-order valence-corrected chi connectivity index (χ0v) is 15.9. The number of ketones is 1. The van der Waals surface area contributed by atoms with Crippen LogP contribution < -0.4 is 0 Å². The molecule has 0 aromatic rings. The lowest BCUT2D eigenvalue weighted by Gasteiger charge is -2.41.